The van der Waals surface area contributed by atoms with E-state index in [1.54, 1.807) is 34.8 Å². The Balaban J connectivity index is 1.64. The van der Waals surface area contributed by atoms with E-state index in [0.29, 0.717) is 11.6 Å². The smallest absolute Gasteiger partial charge is 0.238 e. The van der Waals surface area contributed by atoms with Crippen LogP contribution in [0.2, 0.25) is 5.02 Å². The number of hydrogen-bond donors (Lipinski definition) is 1. The molecular formula is C18H17ClN2OS2. The number of nitrogens with one attached hydrogen (secondary N) is 1. The Bertz CT molecular complexity index is 736. The summed E-state index contributed by atoms with van der Waals surface area (Å²) in [6, 6.07) is 15.5. The lowest BCUT2D eigenvalue weighted by molar-refractivity contribution is -0.117. The van der Waals surface area contributed by atoms with Crippen LogP contribution < -0.4 is 5.32 Å². The van der Waals surface area contributed by atoms with Crippen molar-refractivity contribution in [1.29, 1.82) is 0 Å². The van der Waals surface area contributed by atoms with Crippen molar-refractivity contribution < 1.29 is 4.79 Å². The Morgan fingerprint density at radius 3 is 2.21 bits per heavy atom. The Hall–Kier alpha value is -1.66. The van der Waals surface area contributed by atoms with Crippen molar-refractivity contribution in [2.45, 2.75) is 13.1 Å². The number of thiophene rings is 2. The molecule has 0 saturated heterocycles. The molecule has 0 bridgehead atoms. The Morgan fingerprint density at radius 1 is 1.00 bits per heavy atom. The summed E-state index contributed by atoms with van der Waals surface area (Å²) in [7, 11) is 0. The minimum Gasteiger partial charge on any atom is -0.325 e. The predicted molar refractivity (Wildman–Crippen MR) is 103 cm³/mol. The summed E-state index contributed by atoms with van der Waals surface area (Å²) >= 11 is 9.38. The Kier molecular flexibility index (Phi) is 6.04. The third kappa shape index (κ3) is 5.18. The molecule has 2 heterocycles. The zero-order chi connectivity index (χ0) is 16.8. The number of anilines is 1. The lowest BCUT2D eigenvalue weighted by atomic mass is 10.3. The summed E-state index contributed by atoms with van der Waals surface area (Å²) in [6.07, 6.45) is 0. The summed E-state index contributed by atoms with van der Waals surface area (Å²) in [6.45, 7) is 1.86. The normalized spacial score (nSPS) is 10.9. The van der Waals surface area contributed by atoms with Crippen molar-refractivity contribution in [2.24, 2.45) is 0 Å². The molecule has 0 aliphatic heterocycles. The second-order valence-corrected chi connectivity index (χ2v) is 7.86. The molecular weight excluding hydrogens is 360 g/mol. The average Bonchev–Trinajstić information content (AvgIpc) is 3.21. The number of rotatable bonds is 7. The molecule has 0 aliphatic carbocycles. The monoisotopic (exact) mass is 376 g/mol. The molecule has 24 heavy (non-hydrogen) atoms. The third-order valence-corrected chi connectivity index (χ3v) is 5.35. The average molecular weight is 377 g/mol. The number of carbonyl (C=O) groups excluding carboxylic acids is 1. The molecule has 0 atom stereocenters. The molecule has 3 nitrogen and oxygen atoms in total. The minimum absolute atomic E-state index is 0.0367. The second kappa shape index (κ2) is 8.44. The third-order valence-electron chi connectivity index (χ3n) is 3.39. The zero-order valence-electron chi connectivity index (χ0n) is 12.9. The van der Waals surface area contributed by atoms with Crippen LogP contribution >= 0.6 is 34.3 Å². The quantitative estimate of drug-likeness (QED) is 0.621. The summed E-state index contributed by atoms with van der Waals surface area (Å²) in [5, 5.41) is 7.65. The van der Waals surface area contributed by atoms with Gasteiger partial charge in [-0.3, -0.25) is 9.69 Å². The molecule has 0 radical (unpaired) electrons. The molecule has 0 spiro atoms. The van der Waals surface area contributed by atoms with Gasteiger partial charge in [0, 0.05) is 33.6 Å². The number of hydrogen-bond acceptors (Lipinski definition) is 4. The number of carbonyl (C=O) groups is 1. The first-order valence-electron chi connectivity index (χ1n) is 7.51. The highest BCUT2D eigenvalue weighted by Gasteiger charge is 2.13. The van der Waals surface area contributed by atoms with Crippen molar-refractivity contribution >= 4 is 45.9 Å². The maximum atomic E-state index is 12.4. The number of halogens is 1. The van der Waals surface area contributed by atoms with E-state index in [1.165, 1.54) is 9.75 Å². The van der Waals surface area contributed by atoms with Gasteiger partial charge < -0.3 is 5.32 Å². The fourth-order valence-electron chi connectivity index (χ4n) is 2.38. The molecule has 0 saturated carbocycles. The van der Waals surface area contributed by atoms with Gasteiger partial charge in [-0.1, -0.05) is 29.8 Å². The molecule has 124 valence electrons. The molecule has 0 unspecified atom stereocenters. The standard InChI is InChI=1S/C18H17ClN2OS2/c19-14-4-1-5-15(10-14)20-18(22)13-21(11-16-6-2-8-23-16)12-17-7-3-9-24-17/h1-10H,11-13H2,(H,20,22). The van der Waals surface area contributed by atoms with Crippen molar-refractivity contribution in [2.75, 3.05) is 11.9 Å². The molecule has 0 fully saturated rings. The highest BCUT2D eigenvalue weighted by molar-refractivity contribution is 7.10. The van der Waals surface area contributed by atoms with Gasteiger partial charge in [0.2, 0.25) is 5.91 Å². The SMILES string of the molecule is O=C(CN(Cc1cccs1)Cc1cccs1)Nc1cccc(Cl)c1. The molecule has 1 amide bonds. The molecule has 0 aliphatic rings. The van der Waals surface area contributed by atoms with Gasteiger partial charge in [-0.15, -0.1) is 22.7 Å². The van der Waals surface area contributed by atoms with E-state index in [4.69, 9.17) is 11.6 Å². The topological polar surface area (TPSA) is 32.3 Å². The second-order valence-electron chi connectivity index (χ2n) is 5.36. The summed E-state index contributed by atoms with van der Waals surface area (Å²) in [4.78, 5) is 17.1. The van der Waals surface area contributed by atoms with Crippen LogP contribution in [0.3, 0.4) is 0 Å². The first kappa shape index (κ1) is 17.2. The van der Waals surface area contributed by atoms with Crippen molar-refractivity contribution in [3.05, 3.63) is 74.1 Å². The van der Waals surface area contributed by atoms with Gasteiger partial charge in [0.25, 0.3) is 0 Å². The zero-order valence-corrected chi connectivity index (χ0v) is 15.3. The summed E-state index contributed by atoms with van der Waals surface area (Å²) < 4.78 is 0. The molecule has 3 rings (SSSR count). The largest absolute Gasteiger partial charge is 0.325 e. The lowest BCUT2D eigenvalue weighted by Crippen LogP contribution is -2.32. The molecule has 1 N–H and O–H groups in total. The first-order chi connectivity index (χ1) is 11.7. The van der Waals surface area contributed by atoms with Crippen LogP contribution in [-0.4, -0.2) is 17.4 Å². The molecule has 3 aromatic rings. The maximum absolute atomic E-state index is 12.4. The van der Waals surface area contributed by atoms with Crippen LogP contribution in [0.1, 0.15) is 9.75 Å². The predicted octanol–water partition coefficient (Wildman–Crippen LogP) is 5.10. The lowest BCUT2D eigenvalue weighted by Gasteiger charge is -2.20. The van der Waals surface area contributed by atoms with Gasteiger partial charge in [-0.2, -0.15) is 0 Å². The van der Waals surface area contributed by atoms with E-state index in [0.717, 1.165) is 18.8 Å². The van der Waals surface area contributed by atoms with Gasteiger partial charge >= 0.3 is 0 Å². The fraction of sp³-hybridized carbons (Fsp3) is 0.167. The van der Waals surface area contributed by atoms with E-state index >= 15 is 0 Å². The highest BCUT2D eigenvalue weighted by atomic mass is 35.5. The van der Waals surface area contributed by atoms with Gasteiger partial charge in [0.15, 0.2) is 0 Å². The van der Waals surface area contributed by atoms with E-state index < -0.39 is 0 Å². The van der Waals surface area contributed by atoms with Crippen LogP contribution in [0, 0.1) is 0 Å². The summed E-state index contributed by atoms with van der Waals surface area (Å²) in [5.74, 6) is -0.0367. The molecule has 2 aromatic heterocycles. The van der Waals surface area contributed by atoms with E-state index in [1.807, 2.05) is 24.3 Å². The van der Waals surface area contributed by atoms with Crippen LogP contribution in [0.25, 0.3) is 0 Å². The van der Waals surface area contributed by atoms with Gasteiger partial charge in [0.1, 0.15) is 0 Å². The Morgan fingerprint density at radius 2 is 1.67 bits per heavy atom. The number of benzene rings is 1. The van der Waals surface area contributed by atoms with Crippen molar-refractivity contribution in [3.8, 4) is 0 Å². The van der Waals surface area contributed by atoms with Gasteiger partial charge in [-0.05, 0) is 41.1 Å². The number of amides is 1. The van der Waals surface area contributed by atoms with E-state index in [2.05, 4.69) is 33.1 Å². The van der Waals surface area contributed by atoms with Crippen LogP contribution in [-0.2, 0) is 17.9 Å². The molecule has 6 heteroatoms. The first-order valence-corrected chi connectivity index (χ1v) is 9.65. The minimum atomic E-state index is -0.0367. The van der Waals surface area contributed by atoms with Gasteiger partial charge in [-0.25, -0.2) is 0 Å². The van der Waals surface area contributed by atoms with E-state index in [-0.39, 0.29) is 5.91 Å². The molecule has 1 aromatic carbocycles. The fourth-order valence-corrected chi connectivity index (χ4v) is 4.07. The van der Waals surface area contributed by atoms with Crippen molar-refractivity contribution in [3.63, 3.8) is 0 Å². The summed E-state index contributed by atoms with van der Waals surface area (Å²) in [5.41, 5.74) is 0.722. The van der Waals surface area contributed by atoms with Crippen LogP contribution in [0.5, 0.6) is 0 Å². The van der Waals surface area contributed by atoms with Crippen LogP contribution in [0.4, 0.5) is 5.69 Å². The van der Waals surface area contributed by atoms with E-state index in [9.17, 15) is 4.79 Å². The van der Waals surface area contributed by atoms with Crippen LogP contribution in [0.15, 0.2) is 59.3 Å². The maximum Gasteiger partial charge on any atom is 0.238 e. The van der Waals surface area contributed by atoms with Gasteiger partial charge in [0.05, 0.1) is 6.54 Å². The Labute approximate surface area is 154 Å². The highest BCUT2D eigenvalue weighted by Crippen LogP contribution is 2.18. The van der Waals surface area contributed by atoms with Crippen molar-refractivity contribution in [1.82, 2.24) is 4.90 Å². The number of nitrogens with zero attached hydrogens (tertiary/aromatic N) is 1.